The van der Waals surface area contributed by atoms with E-state index in [-0.39, 0.29) is 11.8 Å². The topological polar surface area (TPSA) is 93.7 Å². The summed E-state index contributed by atoms with van der Waals surface area (Å²) >= 11 is 0. The SMILES string of the molecule is CON(C)C(=O)[C@@H]1C/C=C\CCOc2ccnc(n2)-c2ccccc2C(=O)N1. The van der Waals surface area contributed by atoms with Crippen LogP contribution in [0.1, 0.15) is 23.2 Å². The van der Waals surface area contributed by atoms with Gasteiger partial charge >= 0.3 is 0 Å². The first-order valence-corrected chi connectivity index (χ1v) is 8.93. The van der Waals surface area contributed by atoms with Crippen molar-refractivity contribution in [3.63, 3.8) is 0 Å². The molecule has 0 unspecified atom stereocenters. The van der Waals surface area contributed by atoms with Crippen LogP contribution in [-0.4, -0.2) is 53.7 Å². The fourth-order valence-corrected chi connectivity index (χ4v) is 2.78. The van der Waals surface area contributed by atoms with E-state index in [1.54, 1.807) is 36.5 Å². The summed E-state index contributed by atoms with van der Waals surface area (Å²) in [6.07, 6.45) is 6.32. The Balaban J connectivity index is 2.00. The Morgan fingerprint density at radius 3 is 2.82 bits per heavy atom. The average molecular weight is 382 g/mol. The number of aromatic nitrogens is 2. The standard InChI is InChI=1S/C20H22N4O4/c1-24(27-2)20(26)16-10-4-3-7-13-28-17-11-12-21-18(23-17)14-8-5-6-9-15(14)19(25)22-16/h3-6,8-9,11-12,16H,7,10,13H2,1-2H3,(H,22,25)/b4-3-/t16-/m0/s1. The summed E-state index contributed by atoms with van der Waals surface area (Å²) in [5, 5.41) is 3.90. The second-order valence-corrected chi connectivity index (χ2v) is 6.15. The highest BCUT2D eigenvalue weighted by atomic mass is 16.7. The minimum Gasteiger partial charge on any atom is -0.477 e. The largest absolute Gasteiger partial charge is 0.477 e. The van der Waals surface area contributed by atoms with E-state index in [0.717, 1.165) is 5.06 Å². The number of amides is 2. The first kappa shape index (κ1) is 19.5. The summed E-state index contributed by atoms with van der Waals surface area (Å²) < 4.78 is 5.66. The molecule has 0 radical (unpaired) electrons. The van der Waals surface area contributed by atoms with Crippen LogP contribution in [0, 0.1) is 0 Å². The van der Waals surface area contributed by atoms with Gasteiger partial charge in [-0.15, -0.1) is 0 Å². The van der Waals surface area contributed by atoms with Gasteiger partial charge in [0.05, 0.1) is 19.3 Å². The number of nitrogens with zero attached hydrogens (tertiary/aromatic N) is 3. The van der Waals surface area contributed by atoms with Crippen LogP contribution in [0.3, 0.4) is 0 Å². The van der Waals surface area contributed by atoms with Crippen LogP contribution in [0.5, 0.6) is 5.88 Å². The molecule has 2 amide bonds. The number of benzene rings is 1. The van der Waals surface area contributed by atoms with Crippen molar-refractivity contribution in [2.45, 2.75) is 18.9 Å². The van der Waals surface area contributed by atoms with E-state index in [9.17, 15) is 9.59 Å². The van der Waals surface area contributed by atoms with E-state index in [2.05, 4.69) is 15.3 Å². The van der Waals surface area contributed by atoms with Crippen molar-refractivity contribution in [2.24, 2.45) is 0 Å². The normalized spacial score (nSPS) is 18.1. The molecule has 1 atom stereocenters. The number of hydrogen-bond donors (Lipinski definition) is 1. The maximum atomic E-state index is 13.0. The van der Waals surface area contributed by atoms with Crippen LogP contribution >= 0.6 is 0 Å². The predicted octanol–water partition coefficient (Wildman–Crippen LogP) is 1.99. The van der Waals surface area contributed by atoms with Gasteiger partial charge in [0, 0.05) is 24.9 Å². The molecule has 3 rings (SSSR count). The maximum absolute atomic E-state index is 13.0. The quantitative estimate of drug-likeness (QED) is 0.631. The van der Waals surface area contributed by atoms with E-state index in [4.69, 9.17) is 9.57 Å². The smallest absolute Gasteiger partial charge is 0.268 e. The molecule has 1 aliphatic heterocycles. The minimum atomic E-state index is -0.766. The van der Waals surface area contributed by atoms with Crippen LogP contribution in [0.25, 0.3) is 11.4 Å². The van der Waals surface area contributed by atoms with E-state index in [1.807, 2.05) is 12.2 Å². The van der Waals surface area contributed by atoms with Crippen molar-refractivity contribution in [3.8, 4) is 17.3 Å². The number of hydroxylamine groups is 2. The van der Waals surface area contributed by atoms with E-state index >= 15 is 0 Å². The lowest BCUT2D eigenvalue weighted by molar-refractivity contribution is -0.170. The molecule has 0 spiro atoms. The molecule has 8 nitrogen and oxygen atoms in total. The van der Waals surface area contributed by atoms with E-state index < -0.39 is 6.04 Å². The Labute approximate surface area is 163 Å². The number of nitrogens with one attached hydrogen (secondary N) is 1. The maximum Gasteiger partial charge on any atom is 0.268 e. The summed E-state index contributed by atoms with van der Waals surface area (Å²) in [4.78, 5) is 39.2. The van der Waals surface area contributed by atoms with Crippen LogP contribution < -0.4 is 10.1 Å². The number of fused-ring (bicyclic) bond motifs is 4. The number of carbonyl (C=O) groups excluding carboxylic acids is 2. The van der Waals surface area contributed by atoms with Gasteiger partial charge in [0.2, 0.25) is 5.88 Å². The highest BCUT2D eigenvalue weighted by Gasteiger charge is 2.25. The van der Waals surface area contributed by atoms with Crippen molar-refractivity contribution >= 4 is 11.8 Å². The zero-order chi connectivity index (χ0) is 19.9. The minimum absolute atomic E-state index is 0.336. The van der Waals surface area contributed by atoms with Gasteiger partial charge in [0.15, 0.2) is 5.82 Å². The van der Waals surface area contributed by atoms with Gasteiger partial charge in [-0.2, -0.15) is 4.98 Å². The molecular weight excluding hydrogens is 360 g/mol. The Bertz CT molecular complexity index is 884. The van der Waals surface area contributed by atoms with Crippen LogP contribution in [0.4, 0.5) is 0 Å². The average Bonchev–Trinajstić information content (AvgIpc) is 2.73. The lowest BCUT2D eigenvalue weighted by atomic mass is 10.0. The lowest BCUT2D eigenvalue weighted by Gasteiger charge is -2.22. The molecule has 1 aromatic heterocycles. The molecule has 146 valence electrons. The van der Waals surface area contributed by atoms with Gasteiger partial charge < -0.3 is 10.1 Å². The van der Waals surface area contributed by atoms with Crippen LogP contribution in [-0.2, 0) is 9.63 Å². The third-order valence-corrected chi connectivity index (χ3v) is 4.30. The third kappa shape index (κ3) is 4.52. The molecule has 0 fully saturated rings. The van der Waals surface area contributed by atoms with Gasteiger partial charge in [-0.3, -0.25) is 14.4 Å². The molecule has 1 aliphatic rings. The van der Waals surface area contributed by atoms with Gasteiger partial charge in [-0.1, -0.05) is 30.4 Å². The zero-order valence-electron chi connectivity index (χ0n) is 15.8. The van der Waals surface area contributed by atoms with Crippen molar-refractivity contribution in [1.29, 1.82) is 0 Å². The number of hydrogen-bond acceptors (Lipinski definition) is 6. The zero-order valence-corrected chi connectivity index (χ0v) is 15.8. The molecule has 0 aliphatic carbocycles. The number of likely N-dealkylation sites (N-methyl/N-ethyl adjacent to an activating group) is 1. The predicted molar refractivity (Wildman–Crippen MR) is 102 cm³/mol. The Morgan fingerprint density at radius 2 is 2.04 bits per heavy atom. The number of rotatable bonds is 2. The molecule has 0 saturated carbocycles. The van der Waals surface area contributed by atoms with Gasteiger partial charge in [0.25, 0.3) is 11.8 Å². The summed E-state index contributed by atoms with van der Waals surface area (Å²) in [6.45, 7) is 0.442. The highest BCUT2D eigenvalue weighted by Crippen LogP contribution is 2.22. The molecule has 28 heavy (non-hydrogen) atoms. The Hall–Kier alpha value is -3.26. The molecule has 8 heteroatoms. The Morgan fingerprint density at radius 1 is 1.25 bits per heavy atom. The monoisotopic (exact) mass is 382 g/mol. The van der Waals surface area contributed by atoms with Crippen LogP contribution in [0.2, 0.25) is 0 Å². The first-order valence-electron chi connectivity index (χ1n) is 8.93. The molecule has 2 bridgehead atoms. The fourth-order valence-electron chi connectivity index (χ4n) is 2.78. The Kier molecular flexibility index (Phi) is 6.33. The fraction of sp³-hybridized carbons (Fsp3) is 0.300. The van der Waals surface area contributed by atoms with Crippen molar-refractivity contribution in [2.75, 3.05) is 20.8 Å². The van der Waals surface area contributed by atoms with Gasteiger partial charge in [-0.25, -0.2) is 10.0 Å². The van der Waals surface area contributed by atoms with Crippen molar-refractivity contribution in [1.82, 2.24) is 20.3 Å². The molecule has 2 heterocycles. The second-order valence-electron chi connectivity index (χ2n) is 6.15. The van der Waals surface area contributed by atoms with Crippen molar-refractivity contribution in [3.05, 3.63) is 54.2 Å². The molecule has 1 aromatic carbocycles. The summed E-state index contributed by atoms with van der Waals surface area (Å²) in [5.74, 6) is 0.0894. The van der Waals surface area contributed by atoms with Gasteiger partial charge in [-0.05, 0) is 18.9 Å². The second kappa shape index (κ2) is 9.09. The molecule has 1 N–H and O–H groups in total. The number of carbonyl (C=O) groups is 2. The molecule has 2 aromatic rings. The molecular formula is C20H22N4O4. The van der Waals surface area contributed by atoms with Crippen molar-refractivity contribution < 1.29 is 19.2 Å². The highest BCUT2D eigenvalue weighted by molar-refractivity contribution is 6.02. The molecule has 0 saturated heterocycles. The van der Waals surface area contributed by atoms with E-state index in [1.165, 1.54) is 14.2 Å². The van der Waals surface area contributed by atoms with Crippen LogP contribution in [0.15, 0.2) is 48.7 Å². The summed E-state index contributed by atoms with van der Waals surface area (Å²) in [7, 11) is 2.90. The summed E-state index contributed by atoms with van der Waals surface area (Å²) in [6, 6.07) is 7.90. The van der Waals surface area contributed by atoms with E-state index in [0.29, 0.717) is 42.3 Å². The summed E-state index contributed by atoms with van der Waals surface area (Å²) in [5.41, 5.74) is 0.933. The first-order chi connectivity index (χ1) is 13.6. The lowest BCUT2D eigenvalue weighted by Crippen LogP contribution is -2.46. The number of ether oxygens (including phenoxy) is 1. The van der Waals surface area contributed by atoms with Gasteiger partial charge in [0.1, 0.15) is 6.04 Å². The third-order valence-electron chi connectivity index (χ3n) is 4.30.